The van der Waals surface area contributed by atoms with E-state index in [0.29, 0.717) is 0 Å². The van der Waals surface area contributed by atoms with Crippen LogP contribution in [-0.4, -0.2) is 57.6 Å². The first-order chi connectivity index (χ1) is 14.4. The lowest BCUT2D eigenvalue weighted by Gasteiger charge is -2.27. The van der Waals surface area contributed by atoms with Gasteiger partial charge in [0.1, 0.15) is 30.6 Å². The molecule has 0 bridgehead atoms. The van der Waals surface area contributed by atoms with Gasteiger partial charge in [-0.2, -0.15) is 10.2 Å². The van der Waals surface area contributed by atoms with Gasteiger partial charge in [0.2, 0.25) is 0 Å². The standard InChI is InChI=1S/C19H27N5O7/c1-9(2)13(22)17(27)30-14-11(7-29-16(26)10(3)4)31-19(8-20,15(14)25)24-6-5-12(21)23-18(24)28/h5-6,9-11,13-15,25H,7,22H2,1-4H3,(H2,21,23,28)/t11-,13+,14?,15?,19-/m1/s1. The molecule has 12 heteroatoms. The van der Waals surface area contributed by atoms with Crippen LogP contribution in [0.2, 0.25) is 0 Å². The van der Waals surface area contributed by atoms with Crippen LogP contribution in [0.15, 0.2) is 17.1 Å². The number of aliphatic hydroxyl groups is 1. The second-order valence-corrected chi connectivity index (χ2v) is 7.87. The van der Waals surface area contributed by atoms with Crippen molar-refractivity contribution in [2.75, 3.05) is 12.3 Å². The Hall–Kier alpha value is -3.01. The number of nitriles is 1. The number of esters is 2. The summed E-state index contributed by atoms with van der Waals surface area (Å²) in [6, 6.07) is 1.97. The number of aliphatic hydroxyl groups excluding tert-OH is 1. The van der Waals surface area contributed by atoms with Gasteiger partial charge in [-0.1, -0.05) is 27.7 Å². The summed E-state index contributed by atoms with van der Waals surface area (Å²) in [4.78, 5) is 40.2. The Morgan fingerprint density at radius 3 is 2.55 bits per heavy atom. The number of nitrogens with two attached hydrogens (primary N) is 2. The zero-order valence-electron chi connectivity index (χ0n) is 17.7. The van der Waals surface area contributed by atoms with Crippen LogP contribution in [0.1, 0.15) is 27.7 Å². The van der Waals surface area contributed by atoms with Gasteiger partial charge in [0.25, 0.3) is 5.72 Å². The second kappa shape index (κ2) is 9.42. The quantitative estimate of drug-likeness (QED) is 0.436. The van der Waals surface area contributed by atoms with Crippen molar-refractivity contribution in [3.63, 3.8) is 0 Å². The van der Waals surface area contributed by atoms with E-state index in [9.17, 15) is 24.8 Å². The normalized spacial score (nSPS) is 26.5. The van der Waals surface area contributed by atoms with Gasteiger partial charge >= 0.3 is 17.6 Å². The summed E-state index contributed by atoms with van der Waals surface area (Å²) >= 11 is 0. The summed E-state index contributed by atoms with van der Waals surface area (Å²) in [5.41, 5.74) is 8.03. The Labute approximate surface area is 178 Å². The Bertz CT molecular complexity index is 925. The molecule has 1 aliphatic rings. The molecule has 12 nitrogen and oxygen atoms in total. The molecule has 1 aliphatic heterocycles. The van der Waals surface area contributed by atoms with Crippen molar-refractivity contribution in [3.05, 3.63) is 22.7 Å². The number of nitrogens with zero attached hydrogens (tertiary/aromatic N) is 3. The van der Waals surface area contributed by atoms with Crippen LogP contribution in [0.5, 0.6) is 0 Å². The molecule has 1 aromatic rings. The number of hydrogen-bond donors (Lipinski definition) is 3. The van der Waals surface area contributed by atoms with Crippen LogP contribution in [-0.2, 0) is 29.5 Å². The van der Waals surface area contributed by atoms with E-state index < -0.39 is 60.2 Å². The van der Waals surface area contributed by atoms with Crippen molar-refractivity contribution in [2.45, 2.75) is 57.8 Å². The van der Waals surface area contributed by atoms with E-state index in [2.05, 4.69) is 4.98 Å². The van der Waals surface area contributed by atoms with E-state index in [1.54, 1.807) is 33.8 Å². The minimum Gasteiger partial charge on any atom is -0.463 e. The van der Waals surface area contributed by atoms with Crippen LogP contribution >= 0.6 is 0 Å². The third-order valence-electron chi connectivity index (χ3n) is 4.86. The highest BCUT2D eigenvalue weighted by Crippen LogP contribution is 2.36. The Balaban J connectivity index is 2.43. The molecule has 0 spiro atoms. The fraction of sp³-hybridized carbons (Fsp3) is 0.632. The molecule has 170 valence electrons. The number of carbonyl (C=O) groups is 2. The lowest BCUT2D eigenvalue weighted by molar-refractivity contribution is -0.163. The molecule has 2 heterocycles. The minimum absolute atomic E-state index is 0.102. The molecule has 2 rings (SSSR count). The first-order valence-electron chi connectivity index (χ1n) is 9.70. The highest BCUT2D eigenvalue weighted by Gasteiger charge is 2.59. The minimum atomic E-state index is -2.31. The van der Waals surface area contributed by atoms with Crippen molar-refractivity contribution in [3.8, 4) is 6.07 Å². The number of hydrogen-bond acceptors (Lipinski definition) is 11. The molecule has 1 aromatic heterocycles. The van der Waals surface area contributed by atoms with Crippen LogP contribution in [0.25, 0.3) is 0 Å². The highest BCUT2D eigenvalue weighted by atomic mass is 16.6. The molecule has 2 unspecified atom stereocenters. The SMILES string of the molecule is CC(C)C(=O)OC[C@H]1O[C@@](C#N)(n2ccc(N)nc2=O)C(O)C1OC(=O)[C@@H](N)C(C)C. The van der Waals surface area contributed by atoms with Gasteiger partial charge in [-0.15, -0.1) is 0 Å². The third kappa shape index (κ3) is 4.84. The van der Waals surface area contributed by atoms with Crippen molar-refractivity contribution < 1.29 is 28.9 Å². The summed E-state index contributed by atoms with van der Waals surface area (Å²) in [6.07, 6.45) is -3.42. The van der Waals surface area contributed by atoms with E-state index >= 15 is 0 Å². The fourth-order valence-electron chi connectivity index (χ4n) is 2.89. The number of carbonyl (C=O) groups excluding carboxylic acids is 2. The Kier molecular flexibility index (Phi) is 7.37. The lowest BCUT2D eigenvalue weighted by Crippen LogP contribution is -2.51. The third-order valence-corrected chi connectivity index (χ3v) is 4.86. The fourth-order valence-corrected chi connectivity index (χ4v) is 2.89. The molecule has 5 atom stereocenters. The first kappa shape index (κ1) is 24.3. The number of rotatable bonds is 7. The molecule has 5 N–H and O–H groups in total. The maximum atomic E-state index is 12.4. The Morgan fingerprint density at radius 2 is 2.03 bits per heavy atom. The topological polar surface area (TPSA) is 193 Å². The van der Waals surface area contributed by atoms with Crippen molar-refractivity contribution in [2.24, 2.45) is 17.6 Å². The molecule has 1 saturated heterocycles. The summed E-state index contributed by atoms with van der Waals surface area (Å²) in [6.45, 7) is 6.20. The van der Waals surface area contributed by atoms with Crippen LogP contribution in [0.4, 0.5) is 5.82 Å². The largest absolute Gasteiger partial charge is 0.463 e. The van der Waals surface area contributed by atoms with Gasteiger partial charge in [-0.05, 0) is 12.0 Å². The molecule has 1 fully saturated rings. The highest BCUT2D eigenvalue weighted by molar-refractivity contribution is 5.76. The monoisotopic (exact) mass is 437 g/mol. The molecule has 0 aliphatic carbocycles. The summed E-state index contributed by atoms with van der Waals surface area (Å²) in [5.74, 6) is -2.24. The van der Waals surface area contributed by atoms with Gasteiger partial charge in [0, 0.05) is 6.20 Å². The Morgan fingerprint density at radius 1 is 1.39 bits per heavy atom. The molecule has 0 aromatic carbocycles. The molecule has 0 amide bonds. The average molecular weight is 437 g/mol. The second-order valence-electron chi connectivity index (χ2n) is 7.87. The number of ether oxygens (including phenoxy) is 3. The molecule has 0 radical (unpaired) electrons. The average Bonchev–Trinajstić information content (AvgIpc) is 2.97. The van der Waals surface area contributed by atoms with Crippen molar-refractivity contribution >= 4 is 17.8 Å². The van der Waals surface area contributed by atoms with Gasteiger partial charge < -0.3 is 30.8 Å². The van der Waals surface area contributed by atoms with Gasteiger partial charge in [0.15, 0.2) is 12.2 Å². The van der Waals surface area contributed by atoms with Gasteiger partial charge in [-0.25, -0.2) is 4.79 Å². The lowest BCUT2D eigenvalue weighted by atomic mass is 10.0. The van der Waals surface area contributed by atoms with Crippen molar-refractivity contribution in [1.29, 1.82) is 5.26 Å². The maximum absolute atomic E-state index is 12.4. The van der Waals surface area contributed by atoms with Gasteiger partial charge in [0.05, 0.1) is 5.92 Å². The predicted octanol–water partition coefficient (Wildman–Crippen LogP) is -1.14. The summed E-state index contributed by atoms with van der Waals surface area (Å²) < 4.78 is 16.9. The maximum Gasteiger partial charge on any atom is 0.352 e. The molecule has 0 saturated carbocycles. The molecular weight excluding hydrogens is 410 g/mol. The zero-order valence-corrected chi connectivity index (χ0v) is 17.7. The van der Waals surface area contributed by atoms with Crippen LogP contribution in [0.3, 0.4) is 0 Å². The molecular formula is C19H27N5O7. The van der Waals surface area contributed by atoms with E-state index in [1.807, 2.05) is 0 Å². The van der Waals surface area contributed by atoms with E-state index in [-0.39, 0.29) is 11.7 Å². The number of nitrogen functional groups attached to an aromatic ring is 1. The predicted molar refractivity (Wildman–Crippen MR) is 106 cm³/mol. The van der Waals surface area contributed by atoms with Crippen LogP contribution < -0.4 is 17.2 Å². The number of anilines is 1. The van der Waals surface area contributed by atoms with Crippen molar-refractivity contribution in [1.82, 2.24) is 9.55 Å². The summed E-state index contributed by atoms with van der Waals surface area (Å²) in [7, 11) is 0. The smallest absolute Gasteiger partial charge is 0.352 e. The summed E-state index contributed by atoms with van der Waals surface area (Å²) in [5, 5.41) is 20.8. The zero-order chi connectivity index (χ0) is 23.5. The van der Waals surface area contributed by atoms with E-state index in [0.717, 1.165) is 10.8 Å². The van der Waals surface area contributed by atoms with E-state index in [1.165, 1.54) is 6.07 Å². The molecule has 31 heavy (non-hydrogen) atoms. The number of aromatic nitrogens is 2. The first-order valence-corrected chi connectivity index (χ1v) is 9.70. The van der Waals surface area contributed by atoms with E-state index in [4.69, 9.17) is 25.7 Å². The van der Waals surface area contributed by atoms with Crippen LogP contribution in [0, 0.1) is 23.2 Å². The van der Waals surface area contributed by atoms with Gasteiger partial charge in [-0.3, -0.25) is 14.2 Å².